The minimum atomic E-state index is -0.697. The fraction of sp³-hybridized carbons (Fsp3) is 0.438. The first kappa shape index (κ1) is 17.1. The Balaban J connectivity index is 0.00000176. The van der Waals surface area contributed by atoms with Crippen LogP contribution < -0.4 is 4.90 Å². The van der Waals surface area contributed by atoms with Crippen LogP contribution in [0, 0.1) is 0 Å². The second kappa shape index (κ2) is 7.81. The van der Waals surface area contributed by atoms with Crippen LogP contribution in [0.2, 0.25) is 0 Å². The maximum atomic E-state index is 10.6. The average molecular weight is 341 g/mol. The normalized spacial score (nSPS) is 15.7. The van der Waals surface area contributed by atoms with Crippen LogP contribution in [0.5, 0.6) is 0 Å². The Morgan fingerprint density at radius 1 is 1.18 bits per heavy atom. The van der Waals surface area contributed by atoms with E-state index in [1.807, 2.05) is 0 Å². The molecule has 6 heteroatoms. The van der Waals surface area contributed by atoms with Gasteiger partial charge in [-0.3, -0.25) is 9.69 Å². The van der Waals surface area contributed by atoms with E-state index in [1.54, 1.807) is 11.3 Å². The SMILES string of the molecule is Cl.O=C(O)CCCN1CCN(c2cccc3sccc23)CC1. The lowest BCUT2D eigenvalue weighted by Crippen LogP contribution is -2.46. The second-order valence-electron chi connectivity index (χ2n) is 5.44. The third-order valence-electron chi connectivity index (χ3n) is 4.05. The first-order valence-electron chi connectivity index (χ1n) is 7.39. The monoisotopic (exact) mass is 340 g/mol. The smallest absolute Gasteiger partial charge is 0.303 e. The van der Waals surface area contributed by atoms with E-state index < -0.39 is 5.97 Å². The van der Waals surface area contributed by atoms with Crippen molar-refractivity contribution in [3.8, 4) is 0 Å². The third-order valence-corrected chi connectivity index (χ3v) is 4.93. The Bertz CT molecular complexity index is 623. The van der Waals surface area contributed by atoms with Crippen molar-refractivity contribution in [2.75, 3.05) is 37.6 Å². The molecule has 1 aromatic carbocycles. The molecule has 1 saturated heterocycles. The molecule has 1 N–H and O–H groups in total. The first-order chi connectivity index (χ1) is 10.2. The summed E-state index contributed by atoms with van der Waals surface area (Å²) in [4.78, 5) is 15.4. The number of carboxylic acid groups (broad SMARTS) is 1. The fourth-order valence-corrected chi connectivity index (χ4v) is 3.73. The molecule has 0 aliphatic carbocycles. The number of carbonyl (C=O) groups is 1. The van der Waals surface area contributed by atoms with Gasteiger partial charge in [-0.05, 0) is 36.5 Å². The van der Waals surface area contributed by atoms with Crippen molar-refractivity contribution in [2.24, 2.45) is 0 Å². The number of hydrogen-bond donors (Lipinski definition) is 1. The Morgan fingerprint density at radius 3 is 2.68 bits per heavy atom. The number of anilines is 1. The van der Waals surface area contributed by atoms with Crippen LogP contribution >= 0.6 is 23.7 Å². The lowest BCUT2D eigenvalue weighted by Gasteiger charge is -2.36. The molecule has 1 fully saturated rings. The summed E-state index contributed by atoms with van der Waals surface area (Å²) in [5, 5.41) is 12.2. The summed E-state index contributed by atoms with van der Waals surface area (Å²) in [6.07, 6.45) is 1.02. The number of carboxylic acids is 1. The predicted octanol–water partition coefficient (Wildman–Crippen LogP) is 3.31. The van der Waals surface area contributed by atoms with E-state index in [2.05, 4.69) is 39.4 Å². The predicted molar refractivity (Wildman–Crippen MR) is 94.6 cm³/mol. The minimum absolute atomic E-state index is 0. The van der Waals surface area contributed by atoms with Crippen LogP contribution in [0.3, 0.4) is 0 Å². The number of benzene rings is 1. The number of piperazine rings is 1. The summed E-state index contributed by atoms with van der Waals surface area (Å²) in [5.41, 5.74) is 1.33. The Hall–Kier alpha value is -1.30. The molecule has 0 amide bonds. The van der Waals surface area contributed by atoms with Crippen LogP contribution in [0.4, 0.5) is 5.69 Å². The molecule has 2 heterocycles. The average Bonchev–Trinajstić information content (AvgIpc) is 2.96. The van der Waals surface area contributed by atoms with Gasteiger partial charge in [-0.25, -0.2) is 0 Å². The highest BCUT2D eigenvalue weighted by Crippen LogP contribution is 2.31. The summed E-state index contributed by atoms with van der Waals surface area (Å²) in [7, 11) is 0. The molecule has 0 saturated carbocycles. The van der Waals surface area contributed by atoms with Gasteiger partial charge in [-0.15, -0.1) is 23.7 Å². The molecule has 0 bridgehead atoms. The largest absolute Gasteiger partial charge is 0.481 e. The highest BCUT2D eigenvalue weighted by atomic mass is 35.5. The number of hydrogen-bond acceptors (Lipinski definition) is 4. The van der Waals surface area contributed by atoms with Gasteiger partial charge in [0, 0.05) is 48.4 Å². The van der Waals surface area contributed by atoms with Crippen LogP contribution in [0.15, 0.2) is 29.6 Å². The highest BCUT2D eigenvalue weighted by molar-refractivity contribution is 7.17. The summed E-state index contributed by atoms with van der Waals surface area (Å²) < 4.78 is 1.34. The van der Waals surface area contributed by atoms with E-state index in [0.29, 0.717) is 0 Å². The van der Waals surface area contributed by atoms with Gasteiger partial charge in [-0.1, -0.05) is 6.07 Å². The van der Waals surface area contributed by atoms with Gasteiger partial charge in [0.15, 0.2) is 0 Å². The molecule has 22 heavy (non-hydrogen) atoms. The van der Waals surface area contributed by atoms with Gasteiger partial charge < -0.3 is 10.0 Å². The van der Waals surface area contributed by atoms with Gasteiger partial charge in [0.2, 0.25) is 0 Å². The second-order valence-corrected chi connectivity index (χ2v) is 6.38. The number of rotatable bonds is 5. The van der Waals surface area contributed by atoms with Crippen molar-refractivity contribution in [2.45, 2.75) is 12.8 Å². The fourth-order valence-electron chi connectivity index (χ4n) is 2.92. The summed E-state index contributed by atoms with van der Waals surface area (Å²) in [6, 6.07) is 8.71. The third kappa shape index (κ3) is 3.91. The quantitative estimate of drug-likeness (QED) is 0.907. The molecule has 3 rings (SSSR count). The van der Waals surface area contributed by atoms with Gasteiger partial charge in [0.1, 0.15) is 0 Å². The Morgan fingerprint density at radius 2 is 1.95 bits per heavy atom. The van der Waals surface area contributed by atoms with Crippen LogP contribution in [-0.2, 0) is 4.79 Å². The molecule has 1 aliphatic rings. The van der Waals surface area contributed by atoms with E-state index in [9.17, 15) is 4.79 Å². The van der Waals surface area contributed by atoms with Crippen molar-refractivity contribution in [3.05, 3.63) is 29.6 Å². The molecule has 0 unspecified atom stereocenters. The molecule has 2 aromatic rings. The number of aliphatic carboxylic acids is 1. The zero-order chi connectivity index (χ0) is 14.7. The van der Waals surface area contributed by atoms with E-state index in [1.165, 1.54) is 15.8 Å². The topological polar surface area (TPSA) is 43.8 Å². The highest BCUT2D eigenvalue weighted by Gasteiger charge is 2.18. The molecule has 120 valence electrons. The minimum Gasteiger partial charge on any atom is -0.481 e. The van der Waals surface area contributed by atoms with Crippen molar-refractivity contribution >= 4 is 45.5 Å². The molecule has 1 aliphatic heterocycles. The van der Waals surface area contributed by atoms with Gasteiger partial charge >= 0.3 is 5.97 Å². The van der Waals surface area contributed by atoms with Crippen molar-refractivity contribution in [3.63, 3.8) is 0 Å². The molecule has 0 atom stereocenters. The zero-order valence-electron chi connectivity index (χ0n) is 12.4. The number of nitrogens with zero attached hydrogens (tertiary/aromatic N) is 2. The van der Waals surface area contributed by atoms with Crippen LogP contribution in [-0.4, -0.2) is 48.7 Å². The van der Waals surface area contributed by atoms with Gasteiger partial charge in [-0.2, -0.15) is 0 Å². The zero-order valence-corrected chi connectivity index (χ0v) is 14.0. The summed E-state index contributed by atoms with van der Waals surface area (Å²) >= 11 is 1.79. The van der Waals surface area contributed by atoms with Crippen LogP contribution in [0.1, 0.15) is 12.8 Å². The molecule has 0 radical (unpaired) electrons. The summed E-state index contributed by atoms with van der Waals surface area (Å²) in [5.74, 6) is -0.697. The van der Waals surface area contributed by atoms with Gasteiger partial charge in [0.25, 0.3) is 0 Å². The number of halogens is 1. The number of thiophene rings is 1. The lowest BCUT2D eigenvalue weighted by molar-refractivity contribution is -0.137. The first-order valence-corrected chi connectivity index (χ1v) is 8.27. The van der Waals surface area contributed by atoms with Crippen LogP contribution in [0.25, 0.3) is 10.1 Å². The van der Waals surface area contributed by atoms with E-state index >= 15 is 0 Å². The molecule has 4 nitrogen and oxygen atoms in total. The molecular weight excluding hydrogens is 320 g/mol. The van der Waals surface area contributed by atoms with E-state index in [0.717, 1.165) is 39.1 Å². The standard InChI is InChI=1S/C16H20N2O2S.ClH/c19-16(20)5-2-7-17-8-10-18(11-9-17)14-3-1-4-15-13(14)6-12-21-15;/h1,3-4,6,12H,2,5,7-11H2,(H,19,20);1H. The maximum absolute atomic E-state index is 10.6. The summed E-state index contributed by atoms with van der Waals surface area (Å²) in [6.45, 7) is 4.95. The Labute approximate surface area is 140 Å². The maximum Gasteiger partial charge on any atom is 0.303 e. The van der Waals surface area contributed by atoms with E-state index in [-0.39, 0.29) is 18.8 Å². The number of fused-ring (bicyclic) bond motifs is 1. The lowest BCUT2D eigenvalue weighted by atomic mass is 10.2. The molecule has 1 aromatic heterocycles. The van der Waals surface area contributed by atoms with Crippen molar-refractivity contribution in [1.82, 2.24) is 4.90 Å². The molecular formula is C16H21ClN2O2S. The van der Waals surface area contributed by atoms with Crippen molar-refractivity contribution in [1.29, 1.82) is 0 Å². The molecule has 0 spiro atoms. The van der Waals surface area contributed by atoms with E-state index in [4.69, 9.17) is 5.11 Å². The van der Waals surface area contributed by atoms with Gasteiger partial charge in [0.05, 0.1) is 0 Å². The Kier molecular flexibility index (Phi) is 6.06. The van der Waals surface area contributed by atoms with Crippen molar-refractivity contribution < 1.29 is 9.90 Å².